The predicted molar refractivity (Wildman–Crippen MR) is 289 cm³/mol. The van der Waals surface area contributed by atoms with Crippen molar-refractivity contribution in [2.45, 2.75) is 39.5 Å². The molecule has 2 heteroatoms. The Morgan fingerprint density at radius 2 is 1.03 bits per heavy atom. The molecule has 67 heavy (non-hydrogen) atoms. The first-order valence-corrected chi connectivity index (χ1v) is 23.9. The van der Waals surface area contributed by atoms with Crippen molar-refractivity contribution in [3.63, 3.8) is 0 Å². The first-order chi connectivity index (χ1) is 32.9. The summed E-state index contributed by atoms with van der Waals surface area (Å²) in [6.07, 6.45) is 11.3. The average Bonchev–Trinajstić information content (AvgIpc) is 3.54. The zero-order valence-corrected chi connectivity index (χ0v) is 38.4. The van der Waals surface area contributed by atoms with Gasteiger partial charge in [-0.1, -0.05) is 172 Å². The van der Waals surface area contributed by atoms with E-state index < -0.39 is 0 Å². The highest BCUT2D eigenvalue weighted by Crippen LogP contribution is 2.44. The Balaban J connectivity index is 0.784. The van der Waals surface area contributed by atoms with Crippen LogP contribution < -0.4 is 9.80 Å². The third kappa shape index (κ3) is 7.49. The summed E-state index contributed by atoms with van der Waals surface area (Å²) in [5, 5.41) is 7.48. The minimum Gasteiger partial charge on any atom is -0.341 e. The van der Waals surface area contributed by atoms with E-state index in [-0.39, 0.29) is 0 Å². The Hall–Kier alpha value is -7.94. The van der Waals surface area contributed by atoms with Crippen LogP contribution in [0.1, 0.15) is 65.1 Å². The molecular formula is C65H52N2. The van der Waals surface area contributed by atoms with Crippen molar-refractivity contribution in [3.05, 3.63) is 233 Å². The number of benzene rings is 10. The quantitative estimate of drug-likeness (QED) is 0.116. The third-order valence-corrected chi connectivity index (χ3v) is 14.2. The molecule has 0 radical (unpaired) electrons. The van der Waals surface area contributed by atoms with Gasteiger partial charge in [-0.05, 0) is 180 Å². The van der Waals surface area contributed by atoms with Crippen LogP contribution in [0.25, 0.3) is 78.9 Å². The van der Waals surface area contributed by atoms with E-state index in [2.05, 4.69) is 249 Å². The maximum absolute atomic E-state index is 2.49. The first kappa shape index (κ1) is 40.6. The molecule has 0 unspecified atom stereocenters. The zero-order chi connectivity index (χ0) is 45.0. The SMILES string of the molecule is Cc1cc(N2CCCc3ccccc32)ccc1-c1ccc(/C=C/c2ccc3cc(-c4ccc5c(ccc6cc(N7c8ccccc8C=Cc8ccccc87)ccc65)c4)ccc3c2)cc1C(C)C. The van der Waals surface area contributed by atoms with Gasteiger partial charge in [0.25, 0.3) is 0 Å². The number of aryl methyl sites for hydroxylation is 2. The van der Waals surface area contributed by atoms with E-state index >= 15 is 0 Å². The summed E-state index contributed by atoms with van der Waals surface area (Å²) in [5.41, 5.74) is 20.2. The van der Waals surface area contributed by atoms with Crippen molar-refractivity contribution >= 4 is 85.1 Å². The van der Waals surface area contributed by atoms with Gasteiger partial charge >= 0.3 is 0 Å². The van der Waals surface area contributed by atoms with Gasteiger partial charge < -0.3 is 9.80 Å². The molecule has 12 rings (SSSR count). The third-order valence-electron chi connectivity index (χ3n) is 14.2. The number of fused-ring (bicyclic) bond motifs is 7. The fourth-order valence-corrected chi connectivity index (χ4v) is 10.7. The molecule has 0 aromatic heterocycles. The van der Waals surface area contributed by atoms with Crippen LogP contribution in [0.5, 0.6) is 0 Å². The zero-order valence-electron chi connectivity index (χ0n) is 38.4. The van der Waals surface area contributed by atoms with Crippen LogP contribution in [-0.4, -0.2) is 6.54 Å². The van der Waals surface area contributed by atoms with Crippen LogP contribution in [-0.2, 0) is 6.42 Å². The lowest BCUT2D eigenvalue weighted by Crippen LogP contribution is -2.24. The van der Waals surface area contributed by atoms with E-state index in [1.54, 1.807) is 0 Å². The number of rotatable bonds is 7. The van der Waals surface area contributed by atoms with E-state index in [0.29, 0.717) is 5.92 Å². The summed E-state index contributed by atoms with van der Waals surface area (Å²) in [6, 6.07) is 72.3. The summed E-state index contributed by atoms with van der Waals surface area (Å²) in [6.45, 7) is 7.94. The summed E-state index contributed by atoms with van der Waals surface area (Å²) in [5.74, 6) is 0.395. The molecule has 0 spiro atoms. The van der Waals surface area contributed by atoms with Crippen LogP contribution in [0.15, 0.2) is 194 Å². The number of para-hydroxylation sites is 3. The first-order valence-electron chi connectivity index (χ1n) is 23.9. The Morgan fingerprint density at radius 1 is 0.463 bits per heavy atom. The van der Waals surface area contributed by atoms with Crippen LogP contribution in [0.3, 0.4) is 0 Å². The van der Waals surface area contributed by atoms with Crippen LogP contribution >= 0.6 is 0 Å². The van der Waals surface area contributed by atoms with Gasteiger partial charge in [-0.25, -0.2) is 0 Å². The molecule has 0 saturated carbocycles. The summed E-state index contributed by atoms with van der Waals surface area (Å²) in [4.78, 5) is 4.89. The van der Waals surface area contributed by atoms with Crippen molar-refractivity contribution in [2.24, 2.45) is 0 Å². The van der Waals surface area contributed by atoms with Crippen LogP contribution in [0.4, 0.5) is 28.4 Å². The Kier molecular flexibility index (Phi) is 10.2. The molecule has 0 N–H and O–H groups in total. The summed E-state index contributed by atoms with van der Waals surface area (Å²) in [7, 11) is 0. The minimum absolute atomic E-state index is 0.395. The maximum Gasteiger partial charge on any atom is 0.0534 e. The Bertz CT molecular complexity index is 3570. The second-order valence-electron chi connectivity index (χ2n) is 18.7. The molecule has 2 aliphatic heterocycles. The van der Waals surface area contributed by atoms with Gasteiger partial charge in [0.1, 0.15) is 0 Å². The van der Waals surface area contributed by atoms with Gasteiger partial charge in [0.2, 0.25) is 0 Å². The second-order valence-corrected chi connectivity index (χ2v) is 18.7. The van der Waals surface area contributed by atoms with Crippen LogP contribution in [0.2, 0.25) is 0 Å². The fraction of sp³-hybridized carbons (Fsp3) is 0.108. The molecular weight excluding hydrogens is 809 g/mol. The largest absolute Gasteiger partial charge is 0.341 e. The number of nitrogens with zero attached hydrogens (tertiary/aromatic N) is 2. The molecule has 10 aromatic rings. The van der Waals surface area contributed by atoms with Crippen molar-refractivity contribution in [1.82, 2.24) is 0 Å². The predicted octanol–water partition coefficient (Wildman–Crippen LogP) is 18.1. The van der Waals surface area contributed by atoms with Gasteiger partial charge in [-0.3, -0.25) is 0 Å². The molecule has 0 amide bonds. The van der Waals surface area contributed by atoms with Gasteiger partial charge in [-0.2, -0.15) is 0 Å². The molecule has 2 aliphatic rings. The maximum atomic E-state index is 2.49. The highest BCUT2D eigenvalue weighted by Gasteiger charge is 2.21. The van der Waals surface area contributed by atoms with Gasteiger partial charge in [0, 0.05) is 23.6 Å². The van der Waals surface area contributed by atoms with Gasteiger partial charge in [0.05, 0.1) is 11.4 Å². The molecule has 10 aromatic carbocycles. The highest BCUT2D eigenvalue weighted by molar-refractivity contribution is 6.10. The number of hydrogen-bond donors (Lipinski definition) is 0. The van der Waals surface area contributed by atoms with Crippen molar-refractivity contribution in [3.8, 4) is 22.3 Å². The Morgan fingerprint density at radius 3 is 1.78 bits per heavy atom. The number of hydrogen-bond acceptors (Lipinski definition) is 2. The van der Waals surface area contributed by atoms with Crippen molar-refractivity contribution in [1.29, 1.82) is 0 Å². The normalized spacial score (nSPS) is 13.4. The lowest BCUT2D eigenvalue weighted by atomic mass is 9.88. The molecule has 0 aliphatic carbocycles. The van der Waals surface area contributed by atoms with E-state index in [4.69, 9.17) is 0 Å². The summed E-state index contributed by atoms with van der Waals surface area (Å²) >= 11 is 0. The summed E-state index contributed by atoms with van der Waals surface area (Å²) < 4.78 is 0. The molecule has 322 valence electrons. The Labute approximate surface area is 394 Å². The molecule has 2 nitrogen and oxygen atoms in total. The lowest BCUT2D eigenvalue weighted by molar-refractivity contribution is 0.766. The van der Waals surface area contributed by atoms with Crippen molar-refractivity contribution in [2.75, 3.05) is 16.3 Å². The van der Waals surface area contributed by atoms with Crippen LogP contribution in [0, 0.1) is 6.92 Å². The van der Waals surface area contributed by atoms with Gasteiger partial charge in [0.15, 0.2) is 0 Å². The average molecular weight is 861 g/mol. The highest BCUT2D eigenvalue weighted by atomic mass is 15.2. The molecule has 0 atom stereocenters. The van der Waals surface area contributed by atoms with E-state index in [9.17, 15) is 0 Å². The standard InChI is InChI=1S/C65H52N2/c1-43(2)62-39-46(21-32-61(62)58-34-30-56(37-44(58)3)66-36-10-14-47-11-4-7-15-63(47)66)19-18-45-20-22-51-40-52(26-25-50(51)38-45)53-29-33-59-54(41-53)27-28-55-42-57(31-35-60(55)59)67-64-16-8-5-12-48(64)23-24-49-13-6-9-17-65(49)67/h4-9,11-13,15-35,37-43H,10,14,36H2,1-3H3/b19-18+. The van der Waals surface area contributed by atoms with E-state index in [0.717, 1.165) is 18.7 Å². The van der Waals surface area contributed by atoms with E-state index in [1.165, 1.54) is 123 Å². The molecule has 0 saturated heterocycles. The molecule has 0 bridgehead atoms. The monoisotopic (exact) mass is 860 g/mol. The van der Waals surface area contributed by atoms with E-state index in [1.807, 2.05) is 0 Å². The topological polar surface area (TPSA) is 6.48 Å². The second kappa shape index (κ2) is 16.8. The number of anilines is 5. The minimum atomic E-state index is 0.395. The van der Waals surface area contributed by atoms with Gasteiger partial charge in [-0.15, -0.1) is 0 Å². The fourth-order valence-electron chi connectivity index (χ4n) is 10.7. The lowest BCUT2D eigenvalue weighted by Gasteiger charge is -2.32. The smallest absolute Gasteiger partial charge is 0.0534 e. The molecule has 0 fully saturated rings. The van der Waals surface area contributed by atoms with Crippen molar-refractivity contribution < 1.29 is 0 Å². The molecule has 2 heterocycles.